The number of unbranched alkanes of at least 4 members (excludes halogenated alkanes) is 3. The minimum Gasteiger partial charge on any atom is -0.389 e. The average molecular weight is 234 g/mol. The van der Waals surface area contributed by atoms with Gasteiger partial charge in [0.05, 0.1) is 6.10 Å². The fraction of sp³-hybridized carbons (Fsp3) is 0.500. The maximum absolute atomic E-state index is 9.23. The van der Waals surface area contributed by atoms with E-state index in [9.17, 15) is 5.11 Å². The fourth-order valence-electron chi connectivity index (χ4n) is 1.43. The number of hydrogen-bond acceptors (Lipinski definition) is 1. The van der Waals surface area contributed by atoms with Crippen molar-refractivity contribution in [3.05, 3.63) is 49.6 Å². The lowest BCUT2D eigenvalue weighted by atomic mass is 10.1. The van der Waals surface area contributed by atoms with E-state index in [0.717, 1.165) is 38.5 Å². The number of aliphatic hydroxyl groups is 1. The van der Waals surface area contributed by atoms with E-state index in [4.69, 9.17) is 0 Å². The van der Waals surface area contributed by atoms with Gasteiger partial charge in [0.25, 0.3) is 0 Å². The minimum atomic E-state index is -0.357. The quantitative estimate of drug-likeness (QED) is 0.410. The van der Waals surface area contributed by atoms with E-state index in [0.29, 0.717) is 0 Å². The van der Waals surface area contributed by atoms with Crippen molar-refractivity contribution in [2.45, 2.75) is 51.0 Å². The predicted octanol–water partition coefficient (Wildman–Crippen LogP) is 4.56. The molecular formula is C16H26O. The Hall–Kier alpha value is -1.08. The molecule has 0 aromatic carbocycles. The minimum absolute atomic E-state index is 0.357. The SMILES string of the molecule is C=CCCC/C=C/CC/C=C/CCC(O)C=C. The van der Waals surface area contributed by atoms with Gasteiger partial charge in [0.2, 0.25) is 0 Å². The number of aliphatic hydroxyl groups excluding tert-OH is 1. The molecule has 0 spiro atoms. The molecule has 0 aromatic heterocycles. The highest BCUT2D eigenvalue weighted by Gasteiger charge is 1.93. The van der Waals surface area contributed by atoms with Crippen LogP contribution < -0.4 is 0 Å². The lowest BCUT2D eigenvalue weighted by Gasteiger charge is -1.99. The highest BCUT2D eigenvalue weighted by Crippen LogP contribution is 2.02. The van der Waals surface area contributed by atoms with Gasteiger partial charge in [-0.15, -0.1) is 13.2 Å². The van der Waals surface area contributed by atoms with E-state index >= 15 is 0 Å². The summed E-state index contributed by atoms with van der Waals surface area (Å²) in [5.41, 5.74) is 0. The van der Waals surface area contributed by atoms with Crippen molar-refractivity contribution in [1.29, 1.82) is 0 Å². The second kappa shape index (κ2) is 13.0. The molecule has 0 aliphatic rings. The summed E-state index contributed by atoms with van der Waals surface area (Å²) in [7, 11) is 0. The van der Waals surface area contributed by atoms with Gasteiger partial charge < -0.3 is 5.11 Å². The molecule has 0 fully saturated rings. The molecule has 0 saturated heterocycles. The second-order valence-electron chi connectivity index (χ2n) is 4.12. The van der Waals surface area contributed by atoms with Gasteiger partial charge in [0.1, 0.15) is 0 Å². The number of hydrogen-bond donors (Lipinski definition) is 1. The van der Waals surface area contributed by atoms with Crippen LogP contribution in [0.2, 0.25) is 0 Å². The molecule has 1 N–H and O–H groups in total. The number of rotatable bonds is 11. The largest absolute Gasteiger partial charge is 0.389 e. The molecule has 1 atom stereocenters. The van der Waals surface area contributed by atoms with E-state index in [1.807, 2.05) is 6.08 Å². The molecule has 0 rings (SSSR count). The molecular weight excluding hydrogens is 208 g/mol. The molecule has 1 nitrogen and oxygen atoms in total. The van der Waals surface area contributed by atoms with E-state index in [1.165, 1.54) is 6.42 Å². The van der Waals surface area contributed by atoms with Crippen molar-refractivity contribution < 1.29 is 5.11 Å². The highest BCUT2D eigenvalue weighted by atomic mass is 16.3. The first-order chi connectivity index (χ1) is 8.31. The zero-order valence-electron chi connectivity index (χ0n) is 10.9. The van der Waals surface area contributed by atoms with Gasteiger partial charge in [-0.25, -0.2) is 0 Å². The van der Waals surface area contributed by atoms with Crippen LogP contribution in [0.15, 0.2) is 49.6 Å². The van der Waals surface area contributed by atoms with Gasteiger partial charge in [-0.05, 0) is 44.9 Å². The molecule has 0 aliphatic carbocycles. The summed E-state index contributed by atoms with van der Waals surface area (Å²) < 4.78 is 0. The van der Waals surface area contributed by atoms with Crippen molar-refractivity contribution in [3.8, 4) is 0 Å². The standard InChI is InChI=1S/C16H26O/c1-3-5-6-7-8-9-10-11-12-13-14-15-16(17)4-2/h3-4,8-9,12-13,16-17H,1-2,5-7,10-11,14-15H2/b9-8+,13-12+. The first kappa shape index (κ1) is 15.9. The summed E-state index contributed by atoms with van der Waals surface area (Å²) in [6.07, 6.45) is 19.4. The molecule has 0 heterocycles. The van der Waals surface area contributed by atoms with Crippen LogP contribution in [-0.4, -0.2) is 11.2 Å². The Kier molecular flexibility index (Phi) is 12.2. The van der Waals surface area contributed by atoms with E-state index in [-0.39, 0.29) is 6.10 Å². The summed E-state index contributed by atoms with van der Waals surface area (Å²) in [6.45, 7) is 7.24. The zero-order chi connectivity index (χ0) is 12.8. The van der Waals surface area contributed by atoms with Gasteiger partial charge in [-0.3, -0.25) is 0 Å². The topological polar surface area (TPSA) is 20.2 Å². The average Bonchev–Trinajstić information content (AvgIpc) is 2.35. The first-order valence-corrected chi connectivity index (χ1v) is 6.52. The first-order valence-electron chi connectivity index (χ1n) is 6.52. The van der Waals surface area contributed by atoms with Crippen LogP contribution in [0.3, 0.4) is 0 Å². The Labute approximate surface area is 106 Å². The van der Waals surface area contributed by atoms with Crippen molar-refractivity contribution in [2.24, 2.45) is 0 Å². The molecule has 1 heteroatoms. The molecule has 0 aromatic rings. The zero-order valence-corrected chi connectivity index (χ0v) is 10.9. The van der Waals surface area contributed by atoms with Gasteiger partial charge in [0, 0.05) is 0 Å². The normalized spacial score (nSPS) is 13.2. The highest BCUT2D eigenvalue weighted by molar-refractivity contribution is 4.89. The van der Waals surface area contributed by atoms with E-state index in [1.54, 1.807) is 6.08 Å². The van der Waals surface area contributed by atoms with Crippen molar-refractivity contribution in [2.75, 3.05) is 0 Å². The van der Waals surface area contributed by atoms with Gasteiger partial charge >= 0.3 is 0 Å². The molecule has 0 radical (unpaired) electrons. The van der Waals surface area contributed by atoms with Crippen LogP contribution in [0, 0.1) is 0 Å². The Bertz CT molecular complexity index is 238. The fourth-order valence-corrected chi connectivity index (χ4v) is 1.43. The number of allylic oxidation sites excluding steroid dienone is 5. The lowest BCUT2D eigenvalue weighted by molar-refractivity contribution is 0.214. The maximum atomic E-state index is 9.23. The van der Waals surface area contributed by atoms with Crippen molar-refractivity contribution in [3.63, 3.8) is 0 Å². The smallest absolute Gasteiger partial charge is 0.0721 e. The molecule has 0 amide bonds. The molecule has 0 aliphatic heterocycles. The van der Waals surface area contributed by atoms with Crippen LogP contribution in [0.25, 0.3) is 0 Å². The summed E-state index contributed by atoms with van der Waals surface area (Å²) in [4.78, 5) is 0. The van der Waals surface area contributed by atoms with Crippen LogP contribution >= 0.6 is 0 Å². The summed E-state index contributed by atoms with van der Waals surface area (Å²) in [5.74, 6) is 0. The monoisotopic (exact) mass is 234 g/mol. The molecule has 0 bridgehead atoms. The van der Waals surface area contributed by atoms with Crippen molar-refractivity contribution in [1.82, 2.24) is 0 Å². The van der Waals surface area contributed by atoms with E-state index < -0.39 is 0 Å². The van der Waals surface area contributed by atoms with Crippen LogP contribution in [-0.2, 0) is 0 Å². The van der Waals surface area contributed by atoms with Crippen molar-refractivity contribution >= 4 is 0 Å². The summed E-state index contributed by atoms with van der Waals surface area (Å²) in [6, 6.07) is 0. The lowest BCUT2D eigenvalue weighted by Crippen LogP contribution is -1.99. The van der Waals surface area contributed by atoms with Gasteiger partial charge in [-0.1, -0.05) is 36.5 Å². The van der Waals surface area contributed by atoms with E-state index in [2.05, 4.69) is 37.5 Å². The van der Waals surface area contributed by atoms with Crippen LogP contribution in [0.1, 0.15) is 44.9 Å². The Morgan fingerprint density at radius 1 is 0.824 bits per heavy atom. The second-order valence-corrected chi connectivity index (χ2v) is 4.12. The Morgan fingerprint density at radius 3 is 2.00 bits per heavy atom. The third-order valence-corrected chi connectivity index (χ3v) is 2.51. The van der Waals surface area contributed by atoms with Gasteiger partial charge in [-0.2, -0.15) is 0 Å². The van der Waals surface area contributed by atoms with Crippen LogP contribution in [0.5, 0.6) is 0 Å². The third-order valence-electron chi connectivity index (χ3n) is 2.51. The van der Waals surface area contributed by atoms with Crippen LogP contribution in [0.4, 0.5) is 0 Å². The molecule has 17 heavy (non-hydrogen) atoms. The molecule has 0 saturated carbocycles. The van der Waals surface area contributed by atoms with Gasteiger partial charge in [0.15, 0.2) is 0 Å². The summed E-state index contributed by atoms with van der Waals surface area (Å²) in [5, 5.41) is 9.23. The summed E-state index contributed by atoms with van der Waals surface area (Å²) >= 11 is 0. The third kappa shape index (κ3) is 12.9. The Morgan fingerprint density at radius 2 is 1.41 bits per heavy atom. The predicted molar refractivity (Wildman–Crippen MR) is 77.0 cm³/mol. The molecule has 1 unspecified atom stereocenters. The Balaban J connectivity index is 3.29. The molecule has 96 valence electrons. The maximum Gasteiger partial charge on any atom is 0.0721 e.